The molecule has 4 heteroatoms. The molecule has 3 rings (SSSR count). The molecule has 0 aliphatic heterocycles. The van der Waals surface area contributed by atoms with Crippen LogP contribution >= 0.6 is 0 Å². The van der Waals surface area contributed by atoms with Crippen LogP contribution in [0.1, 0.15) is 15.9 Å². The van der Waals surface area contributed by atoms with E-state index in [-0.39, 0.29) is 0 Å². The first-order chi connectivity index (χ1) is 9.35. The van der Waals surface area contributed by atoms with Crippen molar-refractivity contribution < 1.29 is 4.79 Å². The van der Waals surface area contributed by atoms with Gasteiger partial charge in [0.2, 0.25) is 0 Å². The molecule has 0 unspecified atom stereocenters. The van der Waals surface area contributed by atoms with Crippen molar-refractivity contribution in [3.63, 3.8) is 0 Å². The van der Waals surface area contributed by atoms with Gasteiger partial charge in [0.05, 0.1) is 18.4 Å². The number of carbonyl (C=O) groups is 1. The van der Waals surface area contributed by atoms with Crippen LogP contribution in [-0.4, -0.2) is 20.6 Å². The zero-order valence-electron chi connectivity index (χ0n) is 10.3. The lowest BCUT2D eigenvalue weighted by Gasteiger charge is -2.00. The summed E-state index contributed by atoms with van der Waals surface area (Å²) in [4.78, 5) is 10.6. The zero-order chi connectivity index (χ0) is 13.1. The molecule has 0 radical (unpaired) electrons. The molecule has 19 heavy (non-hydrogen) atoms. The van der Waals surface area contributed by atoms with Crippen LogP contribution in [0, 0.1) is 0 Å². The molecular weight excluding hydrogens is 238 g/mol. The second kappa shape index (κ2) is 4.94. The summed E-state index contributed by atoms with van der Waals surface area (Å²) in [6.45, 7) is 0.709. The molecule has 0 fully saturated rings. The zero-order valence-corrected chi connectivity index (χ0v) is 10.3. The average molecular weight is 251 g/mol. The Bertz CT molecular complexity index is 682. The number of rotatable bonds is 4. The van der Waals surface area contributed by atoms with Crippen LogP contribution in [0.2, 0.25) is 0 Å². The van der Waals surface area contributed by atoms with E-state index < -0.39 is 0 Å². The van der Waals surface area contributed by atoms with Gasteiger partial charge in [-0.15, -0.1) is 0 Å². The largest absolute Gasteiger partial charge is 0.349 e. The molecule has 0 saturated heterocycles. The van der Waals surface area contributed by atoms with E-state index in [1.54, 1.807) is 6.07 Å². The van der Waals surface area contributed by atoms with Crippen LogP contribution < -0.4 is 0 Å². The quantitative estimate of drug-likeness (QED) is 0.668. The average Bonchev–Trinajstić information content (AvgIpc) is 3.09. The van der Waals surface area contributed by atoms with E-state index >= 15 is 0 Å². The lowest BCUT2D eigenvalue weighted by atomic mass is 10.3. The van der Waals surface area contributed by atoms with E-state index in [2.05, 4.69) is 5.10 Å². The third-order valence-electron chi connectivity index (χ3n) is 2.93. The number of aromatic nitrogens is 3. The summed E-state index contributed by atoms with van der Waals surface area (Å²) in [5, 5.41) is 4.34. The minimum absolute atomic E-state index is 0.690. The molecule has 0 saturated carbocycles. The van der Waals surface area contributed by atoms with E-state index in [4.69, 9.17) is 0 Å². The fraction of sp³-hybridized carbons (Fsp3) is 0.0667. The van der Waals surface area contributed by atoms with Gasteiger partial charge >= 0.3 is 0 Å². The molecule has 2 heterocycles. The van der Waals surface area contributed by atoms with Gasteiger partial charge in [-0.3, -0.25) is 4.79 Å². The van der Waals surface area contributed by atoms with Crippen LogP contribution in [0.25, 0.3) is 5.69 Å². The molecule has 0 amide bonds. The summed E-state index contributed by atoms with van der Waals surface area (Å²) in [5.74, 6) is 0. The Morgan fingerprint density at radius 1 is 1.11 bits per heavy atom. The fourth-order valence-corrected chi connectivity index (χ4v) is 2.00. The standard InChI is InChI=1S/C15H13N3O/c19-12-13-6-7-17(9-13)10-14-8-16-18(11-14)15-4-2-1-3-5-15/h1-9,11-12H,10H2. The Kier molecular flexibility index (Phi) is 2.98. The van der Waals surface area contributed by atoms with Crippen molar-refractivity contribution in [2.24, 2.45) is 0 Å². The first-order valence-corrected chi connectivity index (χ1v) is 6.05. The van der Waals surface area contributed by atoms with Crippen LogP contribution in [0.5, 0.6) is 0 Å². The van der Waals surface area contributed by atoms with Crippen molar-refractivity contribution >= 4 is 6.29 Å². The second-order valence-corrected chi connectivity index (χ2v) is 4.36. The number of aldehydes is 1. The van der Waals surface area contributed by atoms with E-state index in [0.717, 1.165) is 17.5 Å². The van der Waals surface area contributed by atoms with Gasteiger partial charge in [0.25, 0.3) is 0 Å². The van der Waals surface area contributed by atoms with E-state index in [9.17, 15) is 4.79 Å². The molecule has 3 aromatic rings. The first kappa shape index (κ1) is 11.5. The highest BCUT2D eigenvalue weighted by atomic mass is 16.1. The maximum Gasteiger partial charge on any atom is 0.151 e. The molecule has 1 aromatic carbocycles. The van der Waals surface area contributed by atoms with Crippen molar-refractivity contribution in [3.8, 4) is 5.69 Å². The predicted octanol–water partition coefficient (Wildman–Crippen LogP) is 2.53. The topological polar surface area (TPSA) is 39.8 Å². The third kappa shape index (κ3) is 2.47. The van der Waals surface area contributed by atoms with Crippen LogP contribution in [-0.2, 0) is 6.54 Å². The maximum atomic E-state index is 10.6. The molecule has 0 N–H and O–H groups in total. The lowest BCUT2D eigenvalue weighted by molar-refractivity contribution is 0.112. The highest BCUT2D eigenvalue weighted by Crippen LogP contribution is 2.09. The molecule has 2 aromatic heterocycles. The Labute approximate surface area is 110 Å². The van der Waals surface area contributed by atoms with Crippen molar-refractivity contribution in [3.05, 3.63) is 72.3 Å². The summed E-state index contributed by atoms with van der Waals surface area (Å²) in [6.07, 6.45) is 8.41. The lowest BCUT2D eigenvalue weighted by Crippen LogP contribution is -1.95. The minimum Gasteiger partial charge on any atom is -0.349 e. The molecule has 0 aliphatic carbocycles. The summed E-state index contributed by atoms with van der Waals surface area (Å²) >= 11 is 0. The molecule has 4 nitrogen and oxygen atoms in total. The first-order valence-electron chi connectivity index (χ1n) is 6.05. The van der Waals surface area contributed by atoms with Gasteiger partial charge in [-0.25, -0.2) is 4.68 Å². The number of hydrogen-bond acceptors (Lipinski definition) is 2. The highest BCUT2D eigenvalue weighted by molar-refractivity contribution is 5.74. The van der Waals surface area contributed by atoms with Crippen molar-refractivity contribution in [1.82, 2.24) is 14.3 Å². The Morgan fingerprint density at radius 2 is 1.95 bits per heavy atom. The number of nitrogens with zero attached hydrogens (tertiary/aromatic N) is 3. The SMILES string of the molecule is O=Cc1ccn(Cc2cnn(-c3ccccc3)c2)c1. The Balaban J connectivity index is 1.80. The Hall–Kier alpha value is -2.62. The summed E-state index contributed by atoms with van der Waals surface area (Å²) in [5.41, 5.74) is 2.82. The van der Waals surface area contributed by atoms with Gasteiger partial charge in [0.1, 0.15) is 0 Å². The number of para-hydroxylation sites is 1. The van der Waals surface area contributed by atoms with Gasteiger partial charge in [-0.05, 0) is 18.2 Å². The maximum absolute atomic E-state index is 10.6. The molecule has 0 atom stereocenters. The summed E-state index contributed by atoms with van der Waals surface area (Å²) in [7, 11) is 0. The molecule has 0 aliphatic rings. The molecule has 94 valence electrons. The number of benzene rings is 1. The van der Waals surface area contributed by atoms with Crippen LogP contribution in [0.3, 0.4) is 0 Å². The number of carbonyl (C=O) groups excluding carboxylic acids is 1. The van der Waals surface area contributed by atoms with Gasteiger partial charge in [0, 0.05) is 29.7 Å². The van der Waals surface area contributed by atoms with Crippen molar-refractivity contribution in [1.29, 1.82) is 0 Å². The van der Waals surface area contributed by atoms with Crippen molar-refractivity contribution in [2.45, 2.75) is 6.54 Å². The van der Waals surface area contributed by atoms with E-state index in [0.29, 0.717) is 12.1 Å². The van der Waals surface area contributed by atoms with Gasteiger partial charge in [-0.2, -0.15) is 5.10 Å². The highest BCUT2D eigenvalue weighted by Gasteiger charge is 2.02. The van der Waals surface area contributed by atoms with Crippen LogP contribution in [0.4, 0.5) is 0 Å². The summed E-state index contributed by atoms with van der Waals surface area (Å²) < 4.78 is 3.82. The normalized spacial score (nSPS) is 10.5. The van der Waals surface area contributed by atoms with Crippen molar-refractivity contribution in [2.75, 3.05) is 0 Å². The minimum atomic E-state index is 0.690. The van der Waals surface area contributed by atoms with Gasteiger partial charge < -0.3 is 4.57 Å². The predicted molar refractivity (Wildman–Crippen MR) is 72.5 cm³/mol. The Morgan fingerprint density at radius 3 is 2.68 bits per heavy atom. The molecular formula is C15H13N3O. The third-order valence-corrected chi connectivity index (χ3v) is 2.93. The van der Waals surface area contributed by atoms with Crippen LogP contribution in [0.15, 0.2) is 61.2 Å². The van der Waals surface area contributed by atoms with Gasteiger partial charge in [0.15, 0.2) is 6.29 Å². The second-order valence-electron chi connectivity index (χ2n) is 4.36. The van der Waals surface area contributed by atoms with E-state index in [1.807, 2.05) is 64.4 Å². The van der Waals surface area contributed by atoms with Gasteiger partial charge in [-0.1, -0.05) is 18.2 Å². The monoisotopic (exact) mass is 251 g/mol. The fourth-order valence-electron chi connectivity index (χ4n) is 2.00. The number of hydrogen-bond donors (Lipinski definition) is 0. The van der Waals surface area contributed by atoms with E-state index in [1.165, 1.54) is 0 Å². The smallest absolute Gasteiger partial charge is 0.151 e. The molecule has 0 bridgehead atoms. The summed E-state index contributed by atoms with van der Waals surface area (Å²) in [6, 6.07) is 11.8. The molecule has 0 spiro atoms.